The van der Waals surface area contributed by atoms with E-state index < -0.39 is 6.10 Å². The van der Waals surface area contributed by atoms with Gasteiger partial charge in [0, 0.05) is 11.1 Å². The first-order valence-corrected chi connectivity index (χ1v) is 3.39. The summed E-state index contributed by atoms with van der Waals surface area (Å²) >= 11 is 5.59. The molecule has 2 atom stereocenters. The molecule has 3 heteroatoms. The first-order chi connectivity index (χ1) is 4.20. The third-order valence-corrected chi connectivity index (χ3v) is 1.84. The summed E-state index contributed by atoms with van der Waals surface area (Å²) in [5.74, 6) is 0. The van der Waals surface area contributed by atoms with Crippen LogP contribution in [0, 0.1) is 0 Å². The molecular weight excluding hydrogens is 138 g/mol. The average molecular weight is 148 g/mol. The van der Waals surface area contributed by atoms with Crippen LogP contribution in [0.5, 0.6) is 0 Å². The highest BCUT2D eigenvalue weighted by Gasteiger charge is 2.16. The van der Waals surface area contributed by atoms with Crippen molar-refractivity contribution in [3.63, 3.8) is 0 Å². The van der Waals surface area contributed by atoms with Crippen molar-refractivity contribution in [1.29, 1.82) is 0 Å². The monoisotopic (exact) mass is 147 g/mol. The molecule has 1 aliphatic carbocycles. The van der Waals surface area contributed by atoms with Gasteiger partial charge in [0.1, 0.15) is 0 Å². The molecule has 0 radical (unpaired) electrons. The molecule has 0 spiro atoms. The lowest BCUT2D eigenvalue weighted by Gasteiger charge is -2.18. The Morgan fingerprint density at radius 2 is 2.33 bits per heavy atom. The van der Waals surface area contributed by atoms with Gasteiger partial charge >= 0.3 is 0 Å². The maximum Gasteiger partial charge on any atom is 0.0893 e. The lowest BCUT2D eigenvalue weighted by Crippen LogP contribution is -2.25. The molecule has 2 nitrogen and oxygen atoms in total. The van der Waals surface area contributed by atoms with Crippen molar-refractivity contribution >= 4 is 11.6 Å². The van der Waals surface area contributed by atoms with E-state index in [-0.39, 0.29) is 6.04 Å². The van der Waals surface area contributed by atoms with E-state index in [1.807, 2.05) is 0 Å². The second kappa shape index (κ2) is 2.69. The summed E-state index contributed by atoms with van der Waals surface area (Å²) in [5, 5.41) is 9.53. The number of aliphatic hydroxyl groups is 1. The molecule has 0 aromatic heterocycles. The number of nitrogens with two attached hydrogens (primary N) is 1. The van der Waals surface area contributed by atoms with E-state index in [0.29, 0.717) is 11.5 Å². The van der Waals surface area contributed by atoms with Crippen LogP contribution in [0.4, 0.5) is 0 Å². The Labute approximate surface area is 59.3 Å². The summed E-state index contributed by atoms with van der Waals surface area (Å²) in [6, 6.07) is 0.0425. The van der Waals surface area contributed by atoms with Crippen molar-refractivity contribution in [2.75, 3.05) is 0 Å². The Kier molecular flexibility index (Phi) is 2.11. The topological polar surface area (TPSA) is 46.2 Å². The minimum atomic E-state index is -0.466. The standard InChI is InChI=1S/C6H10ClNO/c7-5-3-4(8)1-2-6(5)9/h3-4,6,9H,1-2,8H2. The van der Waals surface area contributed by atoms with E-state index in [0.717, 1.165) is 6.42 Å². The molecule has 0 fully saturated rings. The summed E-state index contributed by atoms with van der Waals surface area (Å²) in [6.45, 7) is 0. The van der Waals surface area contributed by atoms with E-state index in [1.165, 1.54) is 0 Å². The van der Waals surface area contributed by atoms with Gasteiger partial charge in [0.2, 0.25) is 0 Å². The fraction of sp³-hybridized carbons (Fsp3) is 0.667. The summed E-state index contributed by atoms with van der Waals surface area (Å²) < 4.78 is 0. The van der Waals surface area contributed by atoms with Crippen LogP contribution in [-0.4, -0.2) is 17.3 Å². The van der Waals surface area contributed by atoms with Crippen LogP contribution in [0.1, 0.15) is 12.8 Å². The molecular formula is C6H10ClNO. The van der Waals surface area contributed by atoms with Crippen molar-refractivity contribution in [3.8, 4) is 0 Å². The lowest BCUT2D eigenvalue weighted by molar-refractivity contribution is 0.196. The molecule has 0 saturated carbocycles. The van der Waals surface area contributed by atoms with Gasteiger partial charge in [-0.1, -0.05) is 17.7 Å². The second-order valence-corrected chi connectivity index (χ2v) is 2.74. The number of halogens is 1. The maximum absolute atomic E-state index is 9.04. The Morgan fingerprint density at radius 1 is 1.67 bits per heavy atom. The Balaban J connectivity index is 2.61. The minimum Gasteiger partial charge on any atom is -0.388 e. The Hall–Kier alpha value is -0.0500. The summed E-state index contributed by atoms with van der Waals surface area (Å²) in [7, 11) is 0. The second-order valence-electron chi connectivity index (χ2n) is 2.31. The van der Waals surface area contributed by atoms with Crippen LogP contribution in [0.25, 0.3) is 0 Å². The van der Waals surface area contributed by atoms with Gasteiger partial charge in [0.25, 0.3) is 0 Å². The minimum absolute atomic E-state index is 0.0425. The van der Waals surface area contributed by atoms with E-state index >= 15 is 0 Å². The molecule has 1 rings (SSSR count). The first-order valence-electron chi connectivity index (χ1n) is 3.01. The highest BCUT2D eigenvalue weighted by atomic mass is 35.5. The average Bonchev–Trinajstić information content (AvgIpc) is 1.80. The molecule has 1 aliphatic rings. The molecule has 0 aliphatic heterocycles. The smallest absolute Gasteiger partial charge is 0.0893 e. The van der Waals surface area contributed by atoms with E-state index in [4.69, 9.17) is 22.4 Å². The fourth-order valence-electron chi connectivity index (χ4n) is 0.887. The zero-order valence-electron chi connectivity index (χ0n) is 5.05. The lowest BCUT2D eigenvalue weighted by atomic mass is 10.0. The fourth-order valence-corrected chi connectivity index (χ4v) is 1.16. The Bertz CT molecular complexity index is 135. The molecule has 2 unspecified atom stereocenters. The SMILES string of the molecule is NC1C=C(Cl)C(O)CC1. The van der Waals surface area contributed by atoms with Gasteiger partial charge in [-0.25, -0.2) is 0 Å². The van der Waals surface area contributed by atoms with Crippen LogP contribution in [-0.2, 0) is 0 Å². The van der Waals surface area contributed by atoms with Gasteiger partial charge < -0.3 is 10.8 Å². The zero-order chi connectivity index (χ0) is 6.85. The quantitative estimate of drug-likeness (QED) is 0.527. The van der Waals surface area contributed by atoms with Gasteiger partial charge in [-0.05, 0) is 12.8 Å². The third-order valence-electron chi connectivity index (χ3n) is 1.47. The number of hydrogen-bond donors (Lipinski definition) is 2. The van der Waals surface area contributed by atoms with Crippen molar-refractivity contribution in [1.82, 2.24) is 0 Å². The molecule has 9 heavy (non-hydrogen) atoms. The number of hydrogen-bond acceptors (Lipinski definition) is 2. The molecule has 0 heterocycles. The summed E-state index contributed by atoms with van der Waals surface area (Å²) in [6.07, 6.45) is 2.76. The maximum atomic E-state index is 9.04. The van der Waals surface area contributed by atoms with Gasteiger partial charge in [-0.2, -0.15) is 0 Å². The van der Waals surface area contributed by atoms with Gasteiger partial charge in [-0.3, -0.25) is 0 Å². The van der Waals surface area contributed by atoms with Crippen molar-refractivity contribution in [2.45, 2.75) is 25.0 Å². The predicted molar refractivity (Wildman–Crippen MR) is 37.2 cm³/mol. The van der Waals surface area contributed by atoms with E-state index in [2.05, 4.69) is 0 Å². The molecule has 0 aromatic carbocycles. The molecule has 3 N–H and O–H groups in total. The van der Waals surface area contributed by atoms with Crippen LogP contribution in [0.2, 0.25) is 0 Å². The molecule has 0 aromatic rings. The van der Waals surface area contributed by atoms with Crippen LogP contribution >= 0.6 is 11.6 Å². The highest BCUT2D eigenvalue weighted by Crippen LogP contribution is 2.20. The zero-order valence-corrected chi connectivity index (χ0v) is 5.80. The van der Waals surface area contributed by atoms with Gasteiger partial charge in [0.05, 0.1) is 6.10 Å². The first kappa shape index (κ1) is 7.06. The van der Waals surface area contributed by atoms with Crippen molar-refractivity contribution in [2.24, 2.45) is 5.73 Å². The van der Waals surface area contributed by atoms with Crippen LogP contribution in [0.3, 0.4) is 0 Å². The van der Waals surface area contributed by atoms with Gasteiger partial charge in [0.15, 0.2) is 0 Å². The van der Waals surface area contributed by atoms with E-state index in [1.54, 1.807) is 6.08 Å². The van der Waals surface area contributed by atoms with E-state index in [9.17, 15) is 0 Å². The summed E-state index contributed by atoms with van der Waals surface area (Å²) in [4.78, 5) is 0. The summed E-state index contributed by atoms with van der Waals surface area (Å²) in [5.41, 5.74) is 5.52. The highest BCUT2D eigenvalue weighted by molar-refractivity contribution is 6.30. The molecule has 52 valence electrons. The van der Waals surface area contributed by atoms with Gasteiger partial charge in [-0.15, -0.1) is 0 Å². The normalized spacial score (nSPS) is 36.1. The van der Waals surface area contributed by atoms with Crippen molar-refractivity contribution in [3.05, 3.63) is 11.1 Å². The largest absolute Gasteiger partial charge is 0.388 e. The van der Waals surface area contributed by atoms with Crippen LogP contribution < -0.4 is 5.73 Å². The molecule has 0 bridgehead atoms. The molecule has 0 amide bonds. The predicted octanol–water partition coefficient (Wildman–Crippen LogP) is 0.591. The molecule has 0 saturated heterocycles. The number of aliphatic hydroxyl groups excluding tert-OH is 1. The third kappa shape index (κ3) is 1.68. The van der Waals surface area contributed by atoms with Crippen molar-refractivity contribution < 1.29 is 5.11 Å². The Morgan fingerprint density at radius 3 is 2.78 bits per heavy atom. The van der Waals surface area contributed by atoms with Crippen LogP contribution in [0.15, 0.2) is 11.1 Å². The number of rotatable bonds is 0.